The molecule has 0 radical (unpaired) electrons. The van der Waals surface area contributed by atoms with Crippen molar-refractivity contribution < 1.29 is 14.3 Å². The Balaban J connectivity index is 1.45. The van der Waals surface area contributed by atoms with Gasteiger partial charge in [-0.3, -0.25) is 9.69 Å². The Morgan fingerprint density at radius 2 is 1.33 bits per heavy atom. The molecule has 0 aliphatic carbocycles. The van der Waals surface area contributed by atoms with E-state index < -0.39 is 5.60 Å². The molecule has 0 atom stereocenters. The zero-order valence-electron chi connectivity index (χ0n) is 22.2. The maximum absolute atomic E-state index is 12.9. The fraction of sp³-hybridized carbons (Fsp3) is 0.533. The minimum absolute atomic E-state index is 0.0742. The van der Waals surface area contributed by atoms with E-state index in [1.54, 1.807) is 4.90 Å². The molecule has 6 heteroatoms. The Kier molecular flexibility index (Phi) is 10.8. The molecule has 2 aromatic carbocycles. The van der Waals surface area contributed by atoms with E-state index in [9.17, 15) is 9.59 Å². The van der Waals surface area contributed by atoms with Crippen molar-refractivity contribution in [3.63, 3.8) is 0 Å². The van der Waals surface area contributed by atoms with Crippen molar-refractivity contribution in [2.75, 3.05) is 32.7 Å². The normalized spacial score (nSPS) is 14.6. The quantitative estimate of drug-likeness (QED) is 0.475. The molecule has 2 amide bonds. The van der Waals surface area contributed by atoms with Gasteiger partial charge in [0.05, 0.1) is 6.54 Å². The van der Waals surface area contributed by atoms with Gasteiger partial charge in [-0.1, -0.05) is 60.7 Å². The number of nitrogens with one attached hydrogen (secondary N) is 1. The molecule has 1 N–H and O–H groups in total. The molecular weight excluding hydrogens is 450 g/mol. The molecule has 6 nitrogen and oxygen atoms in total. The smallest absolute Gasteiger partial charge is 0.410 e. The van der Waals surface area contributed by atoms with Crippen LogP contribution >= 0.6 is 0 Å². The number of benzene rings is 2. The van der Waals surface area contributed by atoms with Gasteiger partial charge >= 0.3 is 6.09 Å². The predicted octanol–water partition coefficient (Wildman–Crippen LogP) is 5.07. The summed E-state index contributed by atoms with van der Waals surface area (Å²) in [4.78, 5) is 29.1. The molecule has 3 rings (SSSR count). The second-order valence-electron chi connectivity index (χ2n) is 10.8. The van der Waals surface area contributed by atoms with Crippen molar-refractivity contribution in [1.29, 1.82) is 0 Å². The first kappa shape index (κ1) is 27.7. The molecule has 36 heavy (non-hydrogen) atoms. The van der Waals surface area contributed by atoms with Crippen LogP contribution in [0.25, 0.3) is 0 Å². The van der Waals surface area contributed by atoms with E-state index in [1.165, 1.54) is 11.1 Å². The van der Waals surface area contributed by atoms with E-state index in [0.717, 1.165) is 38.5 Å². The average molecular weight is 494 g/mol. The zero-order chi connectivity index (χ0) is 25.8. The van der Waals surface area contributed by atoms with Gasteiger partial charge in [-0.2, -0.15) is 0 Å². The first-order valence-electron chi connectivity index (χ1n) is 13.4. The van der Waals surface area contributed by atoms with Crippen LogP contribution in [0.2, 0.25) is 0 Å². The molecule has 196 valence electrons. The van der Waals surface area contributed by atoms with E-state index in [4.69, 9.17) is 4.74 Å². The third kappa shape index (κ3) is 10.4. The largest absolute Gasteiger partial charge is 0.444 e. The molecule has 2 aromatic rings. The highest BCUT2D eigenvalue weighted by atomic mass is 16.6. The third-order valence-corrected chi connectivity index (χ3v) is 6.48. The number of carbonyl (C=O) groups excluding carboxylic acids is 2. The van der Waals surface area contributed by atoms with Crippen LogP contribution in [0.3, 0.4) is 0 Å². The monoisotopic (exact) mass is 493 g/mol. The van der Waals surface area contributed by atoms with Gasteiger partial charge in [0.1, 0.15) is 5.60 Å². The van der Waals surface area contributed by atoms with E-state index in [0.29, 0.717) is 32.7 Å². The predicted molar refractivity (Wildman–Crippen MR) is 145 cm³/mol. The molecule has 1 aliphatic rings. The van der Waals surface area contributed by atoms with Gasteiger partial charge in [0.15, 0.2) is 0 Å². The number of aryl methyl sites for hydroxylation is 2. The van der Waals surface area contributed by atoms with Gasteiger partial charge in [-0.25, -0.2) is 4.79 Å². The van der Waals surface area contributed by atoms with Crippen molar-refractivity contribution >= 4 is 12.0 Å². The maximum atomic E-state index is 12.9. The summed E-state index contributed by atoms with van der Waals surface area (Å²) in [6, 6.07) is 21.3. The van der Waals surface area contributed by atoms with Crippen LogP contribution in [0.5, 0.6) is 0 Å². The van der Waals surface area contributed by atoms with Crippen molar-refractivity contribution in [2.45, 2.75) is 70.9 Å². The van der Waals surface area contributed by atoms with Crippen molar-refractivity contribution in [3.8, 4) is 0 Å². The van der Waals surface area contributed by atoms with Gasteiger partial charge in [0.25, 0.3) is 0 Å². The number of hydrogen-bond acceptors (Lipinski definition) is 4. The minimum atomic E-state index is -0.496. The van der Waals surface area contributed by atoms with Gasteiger partial charge in [-0.15, -0.1) is 0 Å². The molecule has 0 aromatic heterocycles. The Morgan fingerprint density at radius 1 is 0.833 bits per heavy atom. The fourth-order valence-electron chi connectivity index (χ4n) is 4.57. The van der Waals surface area contributed by atoms with Crippen LogP contribution in [0.15, 0.2) is 60.7 Å². The van der Waals surface area contributed by atoms with Crippen LogP contribution in [-0.4, -0.2) is 66.2 Å². The number of carbonyl (C=O) groups is 2. The summed E-state index contributed by atoms with van der Waals surface area (Å²) in [5.74, 6) is 0.0742. The average Bonchev–Trinajstić information content (AvgIpc) is 2.84. The Morgan fingerprint density at radius 3 is 1.81 bits per heavy atom. The fourth-order valence-corrected chi connectivity index (χ4v) is 4.57. The summed E-state index contributed by atoms with van der Waals surface area (Å²) in [6.07, 6.45) is 5.83. The molecule has 1 saturated heterocycles. The van der Waals surface area contributed by atoms with Crippen molar-refractivity contribution in [3.05, 3.63) is 71.8 Å². The molecule has 0 spiro atoms. The highest BCUT2D eigenvalue weighted by Crippen LogP contribution is 2.14. The van der Waals surface area contributed by atoms with E-state index >= 15 is 0 Å². The highest BCUT2D eigenvalue weighted by molar-refractivity contribution is 5.78. The minimum Gasteiger partial charge on any atom is -0.444 e. The molecular formula is C30H43N3O3. The second kappa shape index (κ2) is 14.0. The lowest BCUT2D eigenvalue weighted by Gasteiger charge is -2.35. The lowest BCUT2D eigenvalue weighted by Crippen LogP contribution is -2.52. The summed E-state index contributed by atoms with van der Waals surface area (Å²) in [6.45, 7) is 8.53. The van der Waals surface area contributed by atoms with Crippen molar-refractivity contribution in [1.82, 2.24) is 15.1 Å². The summed E-state index contributed by atoms with van der Waals surface area (Å²) in [5.41, 5.74) is 2.19. The number of piperazine rings is 1. The first-order chi connectivity index (χ1) is 17.3. The van der Waals surface area contributed by atoms with E-state index in [-0.39, 0.29) is 18.0 Å². The summed E-state index contributed by atoms with van der Waals surface area (Å²) >= 11 is 0. The van der Waals surface area contributed by atoms with Gasteiger partial charge in [-0.05, 0) is 70.4 Å². The van der Waals surface area contributed by atoms with Gasteiger partial charge < -0.3 is 15.0 Å². The Bertz CT molecular complexity index is 874. The molecule has 0 saturated carbocycles. The molecule has 0 unspecified atom stereocenters. The van der Waals surface area contributed by atoms with Crippen LogP contribution in [-0.2, 0) is 22.4 Å². The van der Waals surface area contributed by atoms with Crippen molar-refractivity contribution in [2.24, 2.45) is 0 Å². The first-order valence-corrected chi connectivity index (χ1v) is 13.4. The van der Waals surface area contributed by atoms with E-state index in [1.807, 2.05) is 32.9 Å². The lowest BCUT2D eigenvalue weighted by molar-refractivity contribution is -0.123. The van der Waals surface area contributed by atoms with Crippen LogP contribution in [0.4, 0.5) is 4.79 Å². The van der Waals surface area contributed by atoms with Gasteiger partial charge in [0, 0.05) is 32.2 Å². The van der Waals surface area contributed by atoms with Crippen LogP contribution in [0, 0.1) is 0 Å². The van der Waals surface area contributed by atoms with E-state index in [2.05, 4.69) is 58.7 Å². The summed E-state index contributed by atoms with van der Waals surface area (Å²) in [5, 5.41) is 3.32. The molecule has 0 bridgehead atoms. The number of nitrogens with zero attached hydrogens (tertiary/aromatic N) is 2. The molecule has 1 fully saturated rings. The maximum Gasteiger partial charge on any atom is 0.410 e. The molecule has 1 aliphatic heterocycles. The zero-order valence-corrected chi connectivity index (χ0v) is 22.2. The number of ether oxygens (including phenoxy) is 1. The summed E-state index contributed by atoms with van der Waals surface area (Å²) < 4.78 is 5.47. The number of rotatable bonds is 11. The van der Waals surface area contributed by atoms with Crippen LogP contribution < -0.4 is 5.32 Å². The Labute approximate surface area is 217 Å². The lowest BCUT2D eigenvalue weighted by atomic mass is 9.99. The third-order valence-electron chi connectivity index (χ3n) is 6.48. The second-order valence-corrected chi connectivity index (χ2v) is 10.8. The number of amides is 2. The van der Waals surface area contributed by atoms with Gasteiger partial charge in [0.2, 0.25) is 5.91 Å². The molecule has 1 heterocycles. The SMILES string of the molecule is CC(C)(C)OC(=O)N1CCN(CC(=O)NC(CCCc2ccccc2)CCCc2ccccc2)CC1. The highest BCUT2D eigenvalue weighted by Gasteiger charge is 2.26. The topological polar surface area (TPSA) is 61.9 Å². The number of hydrogen-bond donors (Lipinski definition) is 1. The Hall–Kier alpha value is -2.86. The van der Waals surface area contributed by atoms with Crippen LogP contribution in [0.1, 0.15) is 57.6 Å². The summed E-state index contributed by atoms with van der Waals surface area (Å²) in [7, 11) is 0. The standard InChI is InChI=1S/C30H43N3O3/c1-30(2,3)36-29(35)33-22-20-32(21-23-33)24-28(34)31-27(18-10-16-25-12-6-4-7-13-25)19-11-17-26-14-8-5-9-15-26/h4-9,12-15,27H,10-11,16-24H2,1-3H3,(H,31,34).